The molecule has 0 spiro atoms. The molecule has 0 fully saturated rings. The summed E-state index contributed by atoms with van der Waals surface area (Å²) in [4.78, 5) is 3.41. The predicted molar refractivity (Wildman–Crippen MR) is 42.8 cm³/mol. The van der Waals surface area contributed by atoms with Gasteiger partial charge in [-0.25, -0.2) is 4.98 Å². The molecule has 66 valence electrons. The Balaban J connectivity index is 3.10. The lowest BCUT2D eigenvalue weighted by molar-refractivity contribution is 0.0620. The topological polar surface area (TPSA) is 59.1 Å². The Kier molecular flexibility index (Phi) is 2.40. The van der Waals surface area contributed by atoms with Crippen LogP contribution in [0.1, 0.15) is 12.5 Å². The van der Waals surface area contributed by atoms with Crippen molar-refractivity contribution in [2.24, 2.45) is 5.73 Å². The van der Waals surface area contributed by atoms with E-state index in [1.807, 2.05) is 0 Å². The molecule has 0 aliphatic heterocycles. The van der Waals surface area contributed by atoms with Crippen molar-refractivity contribution < 1.29 is 9.50 Å². The summed E-state index contributed by atoms with van der Waals surface area (Å²) in [6, 6.07) is 3.03. The van der Waals surface area contributed by atoms with E-state index in [-0.39, 0.29) is 12.1 Å². The molecule has 1 rings (SSSR count). The number of aliphatic hydroxyl groups is 1. The van der Waals surface area contributed by atoms with Gasteiger partial charge in [0.15, 0.2) is 0 Å². The molecule has 0 radical (unpaired) electrons. The van der Waals surface area contributed by atoms with Crippen LogP contribution in [0.2, 0.25) is 0 Å². The summed E-state index contributed by atoms with van der Waals surface area (Å²) >= 11 is 0. The van der Waals surface area contributed by atoms with Crippen molar-refractivity contribution in [3.8, 4) is 0 Å². The van der Waals surface area contributed by atoms with E-state index < -0.39 is 11.5 Å². The Morgan fingerprint density at radius 1 is 1.75 bits per heavy atom. The molecule has 1 aromatic heterocycles. The van der Waals surface area contributed by atoms with Crippen molar-refractivity contribution in [2.75, 3.05) is 6.54 Å². The molecule has 3 nitrogen and oxygen atoms in total. The molecule has 3 N–H and O–H groups in total. The summed E-state index contributed by atoms with van der Waals surface area (Å²) in [6.07, 6.45) is 1.32. The van der Waals surface area contributed by atoms with Crippen molar-refractivity contribution in [1.82, 2.24) is 4.98 Å². The number of nitrogens with two attached hydrogens (primary N) is 1. The van der Waals surface area contributed by atoms with Gasteiger partial charge in [0.25, 0.3) is 0 Å². The molecule has 0 saturated heterocycles. The number of hydrogen-bond donors (Lipinski definition) is 2. The van der Waals surface area contributed by atoms with E-state index in [1.165, 1.54) is 19.2 Å². The third kappa shape index (κ3) is 1.60. The first-order valence-corrected chi connectivity index (χ1v) is 3.61. The first-order valence-electron chi connectivity index (χ1n) is 3.61. The molecule has 1 heterocycles. The highest BCUT2D eigenvalue weighted by molar-refractivity contribution is 5.18. The minimum Gasteiger partial charge on any atom is -0.384 e. The average molecular weight is 170 g/mol. The van der Waals surface area contributed by atoms with E-state index in [1.54, 1.807) is 6.07 Å². The quantitative estimate of drug-likeness (QED) is 0.631. The Hall–Kier alpha value is -1.00. The lowest BCUT2D eigenvalue weighted by Crippen LogP contribution is -2.32. The minimum absolute atomic E-state index is 0.0321. The minimum atomic E-state index is -1.33. The van der Waals surface area contributed by atoms with Gasteiger partial charge in [-0.3, -0.25) is 0 Å². The number of hydrogen-bond acceptors (Lipinski definition) is 3. The second-order valence-corrected chi connectivity index (χ2v) is 2.82. The lowest BCUT2D eigenvalue weighted by Gasteiger charge is -2.20. The van der Waals surface area contributed by atoms with E-state index in [0.717, 1.165) is 0 Å². The molecular weight excluding hydrogens is 159 g/mol. The van der Waals surface area contributed by atoms with Crippen LogP contribution < -0.4 is 5.73 Å². The van der Waals surface area contributed by atoms with E-state index in [4.69, 9.17) is 5.73 Å². The fourth-order valence-electron chi connectivity index (χ4n) is 0.898. The van der Waals surface area contributed by atoms with Gasteiger partial charge in [-0.1, -0.05) is 0 Å². The van der Waals surface area contributed by atoms with Crippen LogP contribution in [0.15, 0.2) is 18.3 Å². The van der Waals surface area contributed by atoms with Crippen LogP contribution in [0.5, 0.6) is 0 Å². The molecule has 1 unspecified atom stereocenters. The third-order valence-corrected chi connectivity index (χ3v) is 1.74. The Morgan fingerprint density at radius 3 is 2.92 bits per heavy atom. The van der Waals surface area contributed by atoms with E-state index in [2.05, 4.69) is 4.98 Å². The van der Waals surface area contributed by atoms with Crippen LogP contribution in [0.3, 0.4) is 0 Å². The van der Waals surface area contributed by atoms with Crippen molar-refractivity contribution in [1.29, 1.82) is 0 Å². The number of nitrogens with zero attached hydrogens (tertiary/aromatic N) is 1. The molecule has 0 bridgehead atoms. The molecule has 0 aromatic carbocycles. The van der Waals surface area contributed by atoms with Gasteiger partial charge >= 0.3 is 0 Å². The SMILES string of the molecule is CC(O)(CN)c1cccnc1F. The molecule has 0 aliphatic carbocycles. The molecular formula is C8H11FN2O. The zero-order valence-electron chi connectivity index (χ0n) is 6.79. The third-order valence-electron chi connectivity index (χ3n) is 1.74. The van der Waals surface area contributed by atoms with Gasteiger partial charge in [-0.2, -0.15) is 4.39 Å². The zero-order valence-corrected chi connectivity index (χ0v) is 6.79. The summed E-state index contributed by atoms with van der Waals surface area (Å²) in [7, 11) is 0. The molecule has 0 amide bonds. The van der Waals surface area contributed by atoms with Crippen LogP contribution >= 0.6 is 0 Å². The largest absolute Gasteiger partial charge is 0.384 e. The maximum atomic E-state index is 12.9. The van der Waals surface area contributed by atoms with Crippen molar-refractivity contribution in [3.63, 3.8) is 0 Å². The number of pyridine rings is 1. The van der Waals surface area contributed by atoms with Crippen molar-refractivity contribution in [2.45, 2.75) is 12.5 Å². The molecule has 1 atom stereocenters. The lowest BCUT2D eigenvalue weighted by atomic mass is 9.98. The van der Waals surface area contributed by atoms with Gasteiger partial charge in [-0.15, -0.1) is 0 Å². The summed E-state index contributed by atoms with van der Waals surface area (Å²) in [5.74, 6) is -0.673. The first kappa shape index (κ1) is 9.09. The Morgan fingerprint density at radius 2 is 2.42 bits per heavy atom. The summed E-state index contributed by atoms with van der Waals surface area (Å²) < 4.78 is 12.9. The van der Waals surface area contributed by atoms with Crippen molar-refractivity contribution in [3.05, 3.63) is 29.8 Å². The van der Waals surface area contributed by atoms with Gasteiger partial charge in [-0.05, 0) is 19.1 Å². The standard InChI is InChI=1S/C8H11FN2O/c1-8(12,5-10)6-3-2-4-11-7(6)9/h2-4,12H,5,10H2,1H3. The van der Waals surface area contributed by atoms with Gasteiger partial charge in [0.2, 0.25) is 5.95 Å². The predicted octanol–water partition coefficient (Wildman–Crippen LogP) is 0.387. The van der Waals surface area contributed by atoms with E-state index >= 15 is 0 Å². The number of aromatic nitrogens is 1. The van der Waals surface area contributed by atoms with Gasteiger partial charge < -0.3 is 10.8 Å². The first-order chi connectivity index (χ1) is 5.58. The smallest absolute Gasteiger partial charge is 0.218 e. The molecule has 0 saturated carbocycles. The summed E-state index contributed by atoms with van der Waals surface area (Å²) in [5.41, 5.74) is 4.06. The highest BCUT2D eigenvalue weighted by Crippen LogP contribution is 2.20. The molecule has 12 heavy (non-hydrogen) atoms. The van der Waals surface area contributed by atoms with Crippen LogP contribution in [-0.4, -0.2) is 16.6 Å². The van der Waals surface area contributed by atoms with Crippen molar-refractivity contribution >= 4 is 0 Å². The van der Waals surface area contributed by atoms with E-state index in [9.17, 15) is 9.50 Å². The monoisotopic (exact) mass is 170 g/mol. The fourth-order valence-corrected chi connectivity index (χ4v) is 0.898. The second-order valence-electron chi connectivity index (χ2n) is 2.82. The number of rotatable bonds is 2. The fraction of sp³-hybridized carbons (Fsp3) is 0.375. The highest BCUT2D eigenvalue weighted by Gasteiger charge is 2.24. The Labute approximate surface area is 70.0 Å². The molecule has 0 aliphatic rings. The molecule has 4 heteroatoms. The van der Waals surface area contributed by atoms with Gasteiger partial charge in [0.1, 0.15) is 5.60 Å². The van der Waals surface area contributed by atoms with E-state index in [0.29, 0.717) is 0 Å². The second kappa shape index (κ2) is 3.16. The average Bonchev–Trinajstić information content (AvgIpc) is 2.05. The van der Waals surface area contributed by atoms with Crippen LogP contribution in [-0.2, 0) is 5.60 Å². The maximum Gasteiger partial charge on any atom is 0.218 e. The zero-order chi connectivity index (χ0) is 9.19. The van der Waals surface area contributed by atoms with Crippen LogP contribution in [0.4, 0.5) is 4.39 Å². The highest BCUT2D eigenvalue weighted by atomic mass is 19.1. The van der Waals surface area contributed by atoms with Crippen LogP contribution in [0, 0.1) is 5.95 Å². The Bertz CT molecular complexity index is 276. The summed E-state index contributed by atoms with van der Waals surface area (Å²) in [6.45, 7) is 1.42. The normalized spacial score (nSPS) is 15.7. The number of halogens is 1. The summed E-state index contributed by atoms with van der Waals surface area (Å²) in [5, 5.41) is 9.57. The maximum absolute atomic E-state index is 12.9. The van der Waals surface area contributed by atoms with Gasteiger partial charge in [0, 0.05) is 18.3 Å². The van der Waals surface area contributed by atoms with Gasteiger partial charge in [0.05, 0.1) is 0 Å². The molecule has 1 aromatic rings. The van der Waals surface area contributed by atoms with Crippen LogP contribution in [0.25, 0.3) is 0 Å².